The van der Waals surface area contributed by atoms with E-state index in [1.54, 1.807) is 52.9 Å². The molecule has 0 N–H and O–H groups in total. The number of hydrogen-bond acceptors (Lipinski definition) is 2. The number of likely N-dealkylation sites (tertiary alicyclic amines) is 1. The number of carbonyl (C=O) groups excluding carboxylic acids is 1. The zero-order valence-corrected chi connectivity index (χ0v) is 25.2. The van der Waals surface area contributed by atoms with Crippen molar-refractivity contribution in [2.75, 3.05) is 13.1 Å². The molecule has 1 amide bonds. The molecule has 6 rings (SSSR count). The maximum atomic E-state index is 14.7. The molecule has 1 aliphatic rings. The van der Waals surface area contributed by atoms with Crippen LogP contribution in [0, 0.1) is 0 Å². The number of carbonyl (C=O) groups is 1. The number of halogens is 5. The Balaban J connectivity index is 1.27. The topological polar surface area (TPSA) is 43.1 Å². The van der Waals surface area contributed by atoms with Crippen molar-refractivity contribution in [3.8, 4) is 11.1 Å². The Bertz CT molecular complexity index is 1830. The van der Waals surface area contributed by atoms with E-state index in [4.69, 9.17) is 4.98 Å². The first-order valence-corrected chi connectivity index (χ1v) is 15.4. The van der Waals surface area contributed by atoms with Crippen molar-refractivity contribution in [3.63, 3.8) is 0 Å². The molecule has 3 heterocycles. The summed E-state index contributed by atoms with van der Waals surface area (Å²) in [5, 5.41) is 0.598. The Hall–Kier alpha value is -4.21. The third-order valence-corrected chi connectivity index (χ3v) is 8.75. The van der Waals surface area contributed by atoms with Gasteiger partial charge in [0, 0.05) is 59.2 Å². The van der Waals surface area contributed by atoms with Crippen molar-refractivity contribution in [1.82, 2.24) is 19.0 Å². The molecule has 0 spiro atoms. The molecule has 0 bridgehead atoms. The lowest BCUT2D eigenvalue weighted by atomic mass is 9.95. The van der Waals surface area contributed by atoms with E-state index >= 15 is 0 Å². The molecule has 236 valence electrons. The van der Waals surface area contributed by atoms with E-state index in [1.165, 1.54) is 23.6 Å². The van der Waals surface area contributed by atoms with Crippen LogP contribution in [0.25, 0.3) is 33.1 Å². The lowest BCUT2D eigenvalue weighted by Gasteiger charge is -2.32. The summed E-state index contributed by atoms with van der Waals surface area (Å²) in [5.74, 6) is -2.58. The highest BCUT2D eigenvalue weighted by Gasteiger charge is 2.31. The number of benzene rings is 3. The number of imidazole rings is 1. The molecular formula is C35H35F5N4O. The van der Waals surface area contributed by atoms with E-state index in [0.29, 0.717) is 65.8 Å². The van der Waals surface area contributed by atoms with Crippen molar-refractivity contribution in [2.24, 2.45) is 0 Å². The number of aromatic nitrogens is 3. The third kappa shape index (κ3) is 5.94. The molecule has 1 fully saturated rings. The summed E-state index contributed by atoms with van der Waals surface area (Å²) >= 11 is 0. The predicted molar refractivity (Wildman–Crippen MR) is 166 cm³/mol. The fourth-order valence-corrected chi connectivity index (χ4v) is 6.58. The SMILES string of the molecule is CCCC(F)(F)c1cccc(-c2cn(CC(F)F)c3cc(C(=O)N4CCC(c5nc6ccccc6n5[C@@H](C)F)CC4)ccc23)c1. The Morgan fingerprint density at radius 2 is 1.73 bits per heavy atom. The molecular weight excluding hydrogens is 587 g/mol. The van der Waals surface area contributed by atoms with Gasteiger partial charge in [0.05, 0.1) is 17.6 Å². The Morgan fingerprint density at radius 3 is 2.44 bits per heavy atom. The van der Waals surface area contributed by atoms with Crippen molar-refractivity contribution >= 4 is 27.8 Å². The average Bonchev–Trinajstić information content (AvgIpc) is 3.59. The van der Waals surface area contributed by atoms with E-state index in [0.717, 1.165) is 11.0 Å². The van der Waals surface area contributed by atoms with Crippen molar-refractivity contribution < 1.29 is 26.7 Å². The maximum absolute atomic E-state index is 14.7. The zero-order valence-electron chi connectivity index (χ0n) is 25.2. The van der Waals surface area contributed by atoms with Crippen LogP contribution in [0.5, 0.6) is 0 Å². The van der Waals surface area contributed by atoms with Gasteiger partial charge in [-0.15, -0.1) is 0 Å². The van der Waals surface area contributed by atoms with E-state index in [9.17, 15) is 26.7 Å². The number of alkyl halides is 5. The fraction of sp³-hybridized carbons (Fsp3) is 0.371. The Kier molecular flexibility index (Phi) is 8.41. The van der Waals surface area contributed by atoms with Crippen LogP contribution >= 0.6 is 0 Å². The van der Waals surface area contributed by atoms with Crippen molar-refractivity contribution in [3.05, 3.63) is 89.9 Å². The van der Waals surface area contributed by atoms with Crippen LogP contribution in [-0.2, 0) is 12.5 Å². The first-order chi connectivity index (χ1) is 21.6. The second-order valence-electron chi connectivity index (χ2n) is 11.8. The van der Waals surface area contributed by atoms with Crippen LogP contribution in [0.2, 0.25) is 0 Å². The van der Waals surface area contributed by atoms with Crippen LogP contribution in [0.3, 0.4) is 0 Å². The van der Waals surface area contributed by atoms with E-state index in [2.05, 4.69) is 0 Å². The summed E-state index contributed by atoms with van der Waals surface area (Å²) in [6, 6.07) is 18.4. The first-order valence-electron chi connectivity index (χ1n) is 15.4. The molecule has 45 heavy (non-hydrogen) atoms. The number of para-hydroxylation sites is 2. The Morgan fingerprint density at radius 1 is 0.978 bits per heavy atom. The predicted octanol–water partition coefficient (Wildman–Crippen LogP) is 9.32. The monoisotopic (exact) mass is 622 g/mol. The Labute approximate surface area is 258 Å². The van der Waals surface area contributed by atoms with Crippen LogP contribution < -0.4 is 0 Å². The highest BCUT2D eigenvalue weighted by atomic mass is 19.3. The van der Waals surface area contributed by atoms with Crippen LogP contribution in [0.4, 0.5) is 22.0 Å². The van der Waals surface area contributed by atoms with Crippen molar-refractivity contribution in [2.45, 2.75) is 70.6 Å². The second kappa shape index (κ2) is 12.3. The van der Waals surface area contributed by atoms with Crippen LogP contribution in [0.1, 0.15) is 73.5 Å². The van der Waals surface area contributed by atoms with Gasteiger partial charge in [0.1, 0.15) is 5.82 Å². The summed E-state index contributed by atoms with van der Waals surface area (Å²) in [7, 11) is 0. The molecule has 5 nitrogen and oxygen atoms in total. The van der Waals surface area contributed by atoms with Gasteiger partial charge in [-0.2, -0.15) is 0 Å². The number of piperidine rings is 1. The smallest absolute Gasteiger partial charge is 0.273 e. The molecule has 0 unspecified atom stereocenters. The molecule has 1 atom stereocenters. The highest BCUT2D eigenvalue weighted by Crippen LogP contribution is 2.38. The standard InChI is InChI=1S/C35H35F5N4O/c1-3-15-35(39,40)26-8-6-7-24(18-26)28-20-43(21-32(37)38)31-19-25(11-12-27(28)31)34(45)42-16-13-23(14-17-42)33-41-29-9-4-5-10-30(29)44(33)22(2)36/h4-12,18-20,22-23,32H,3,13-17,21H2,1-2H3/t22-/m0/s1. The lowest BCUT2D eigenvalue weighted by Crippen LogP contribution is -2.38. The van der Waals surface area contributed by atoms with Gasteiger partial charge in [-0.3, -0.25) is 9.36 Å². The van der Waals surface area contributed by atoms with Crippen LogP contribution in [-0.4, -0.2) is 44.4 Å². The third-order valence-electron chi connectivity index (χ3n) is 8.75. The highest BCUT2D eigenvalue weighted by molar-refractivity contribution is 6.02. The number of amides is 1. The van der Waals surface area contributed by atoms with E-state index in [-0.39, 0.29) is 23.8 Å². The normalized spacial score (nSPS) is 15.4. The number of hydrogen-bond donors (Lipinski definition) is 0. The van der Waals surface area contributed by atoms with Gasteiger partial charge < -0.3 is 9.47 Å². The second-order valence-corrected chi connectivity index (χ2v) is 11.8. The molecule has 2 aromatic heterocycles. The molecule has 1 saturated heterocycles. The minimum absolute atomic E-state index is 0.0200. The van der Waals surface area contributed by atoms with E-state index in [1.807, 2.05) is 24.3 Å². The van der Waals surface area contributed by atoms with Gasteiger partial charge in [-0.1, -0.05) is 49.7 Å². The van der Waals surface area contributed by atoms with Gasteiger partial charge >= 0.3 is 0 Å². The molecule has 5 aromatic rings. The summed E-state index contributed by atoms with van der Waals surface area (Å²) in [6.07, 6.45) is -1.11. The minimum atomic E-state index is -3.00. The quantitative estimate of drug-likeness (QED) is 0.154. The summed E-state index contributed by atoms with van der Waals surface area (Å²) in [4.78, 5) is 20.1. The van der Waals surface area contributed by atoms with Gasteiger partial charge in [0.2, 0.25) is 0 Å². The van der Waals surface area contributed by atoms with Crippen molar-refractivity contribution in [1.29, 1.82) is 0 Å². The lowest BCUT2D eigenvalue weighted by molar-refractivity contribution is -0.0139. The molecule has 1 aliphatic heterocycles. The van der Waals surface area contributed by atoms with E-state index < -0.39 is 25.2 Å². The summed E-state index contributed by atoms with van der Waals surface area (Å²) in [5.41, 5.74) is 3.18. The van der Waals surface area contributed by atoms with Gasteiger partial charge in [-0.25, -0.2) is 26.9 Å². The maximum Gasteiger partial charge on any atom is 0.273 e. The summed E-state index contributed by atoms with van der Waals surface area (Å²) in [6.45, 7) is 3.46. The van der Waals surface area contributed by atoms with Crippen LogP contribution in [0.15, 0.2) is 72.9 Å². The average molecular weight is 623 g/mol. The van der Waals surface area contributed by atoms with Gasteiger partial charge in [0.15, 0.2) is 6.30 Å². The summed E-state index contributed by atoms with van der Waals surface area (Å²) < 4.78 is 74.3. The largest absolute Gasteiger partial charge is 0.341 e. The number of rotatable bonds is 9. The van der Waals surface area contributed by atoms with Gasteiger partial charge in [-0.05, 0) is 55.7 Å². The minimum Gasteiger partial charge on any atom is -0.341 e. The molecule has 3 aromatic carbocycles. The fourth-order valence-electron chi connectivity index (χ4n) is 6.58. The van der Waals surface area contributed by atoms with Gasteiger partial charge in [0.25, 0.3) is 18.3 Å². The molecule has 0 aliphatic carbocycles. The molecule has 0 saturated carbocycles. The molecule has 10 heteroatoms. The zero-order chi connectivity index (χ0) is 31.9. The number of fused-ring (bicyclic) bond motifs is 2. The first kappa shape index (κ1) is 30.8. The number of nitrogens with zero attached hydrogens (tertiary/aromatic N) is 4. The molecule has 0 radical (unpaired) electrons.